The minimum absolute atomic E-state index is 0.123. The summed E-state index contributed by atoms with van der Waals surface area (Å²) in [5, 5.41) is 18.8. The molecule has 0 unspecified atom stereocenters. The number of aromatic hydroxyl groups is 2. The van der Waals surface area contributed by atoms with Gasteiger partial charge in [-0.2, -0.15) is 0 Å². The van der Waals surface area contributed by atoms with Crippen LogP contribution in [0, 0.1) is 0 Å². The molecular weight excluding hydrogens is 350 g/mol. The summed E-state index contributed by atoms with van der Waals surface area (Å²) in [4.78, 5) is 24.2. The minimum atomic E-state index is -0.964. The molecule has 3 atom stereocenters. The number of hydrogen-bond donors (Lipinski definition) is 3. The molecule has 0 amide bonds. The van der Waals surface area contributed by atoms with Gasteiger partial charge in [0.05, 0.1) is 5.56 Å². The zero-order valence-corrected chi connectivity index (χ0v) is 15.2. The largest absolute Gasteiger partial charge is 0.504 e. The van der Waals surface area contributed by atoms with Crippen LogP contribution >= 0.6 is 0 Å². The molecule has 27 heavy (non-hydrogen) atoms. The molecule has 0 aliphatic rings. The van der Waals surface area contributed by atoms with Crippen molar-refractivity contribution in [3.8, 4) is 11.5 Å². The molecule has 0 aromatic heterocycles. The molecule has 0 aliphatic carbocycles. The number of phenols is 2. The van der Waals surface area contributed by atoms with E-state index in [-0.39, 0.29) is 17.9 Å². The Bertz CT molecular complexity index is 792. The van der Waals surface area contributed by atoms with Crippen molar-refractivity contribution in [2.45, 2.75) is 38.5 Å². The van der Waals surface area contributed by atoms with E-state index < -0.39 is 30.2 Å². The van der Waals surface area contributed by atoms with Crippen LogP contribution in [-0.2, 0) is 20.7 Å². The fraction of sp³-hybridized carbons (Fsp3) is 0.300. The summed E-state index contributed by atoms with van der Waals surface area (Å²) in [6.45, 7) is 3.24. The molecule has 144 valence electrons. The normalized spacial score (nSPS) is 14.0. The summed E-state index contributed by atoms with van der Waals surface area (Å²) in [7, 11) is 0. The lowest BCUT2D eigenvalue weighted by Gasteiger charge is -2.22. The first-order chi connectivity index (χ1) is 12.8. The lowest BCUT2D eigenvalue weighted by atomic mass is 10.1. The fourth-order valence-electron chi connectivity index (χ4n) is 2.31. The predicted octanol–water partition coefficient (Wildman–Crippen LogP) is 2.14. The van der Waals surface area contributed by atoms with Crippen LogP contribution in [0.3, 0.4) is 0 Å². The van der Waals surface area contributed by atoms with Crippen LogP contribution in [0.4, 0.5) is 0 Å². The van der Waals surface area contributed by atoms with Gasteiger partial charge in [-0.05, 0) is 50.1 Å². The standard InChI is InChI=1S/C20H23NO6/c1-12(26-19(24)15-6-4-3-5-7-15)13(2)27-20(25)16(21)10-14-8-9-17(22)18(23)11-14/h3-9,11-13,16,22-23H,10,21H2,1-2H3/t12-,13-,16+/m1/s1. The molecule has 0 spiro atoms. The number of esters is 2. The molecule has 0 saturated carbocycles. The van der Waals surface area contributed by atoms with Gasteiger partial charge in [-0.1, -0.05) is 24.3 Å². The molecule has 2 aromatic rings. The predicted molar refractivity (Wildman–Crippen MR) is 98.3 cm³/mol. The van der Waals surface area contributed by atoms with E-state index >= 15 is 0 Å². The average Bonchev–Trinajstić information content (AvgIpc) is 2.65. The zero-order valence-electron chi connectivity index (χ0n) is 15.2. The number of carbonyl (C=O) groups excluding carboxylic acids is 2. The molecule has 7 heteroatoms. The van der Waals surface area contributed by atoms with Crippen LogP contribution in [0.1, 0.15) is 29.8 Å². The van der Waals surface area contributed by atoms with Crippen molar-refractivity contribution in [2.24, 2.45) is 5.73 Å². The summed E-state index contributed by atoms with van der Waals surface area (Å²) in [6.07, 6.45) is -1.23. The zero-order chi connectivity index (χ0) is 20.0. The topological polar surface area (TPSA) is 119 Å². The van der Waals surface area contributed by atoms with Crippen molar-refractivity contribution in [1.82, 2.24) is 0 Å². The molecule has 0 fully saturated rings. The maximum Gasteiger partial charge on any atom is 0.338 e. The second-order valence-electron chi connectivity index (χ2n) is 6.25. The van der Waals surface area contributed by atoms with E-state index in [9.17, 15) is 19.8 Å². The van der Waals surface area contributed by atoms with E-state index in [1.165, 1.54) is 12.1 Å². The van der Waals surface area contributed by atoms with Crippen LogP contribution in [0.5, 0.6) is 11.5 Å². The highest BCUT2D eigenvalue weighted by atomic mass is 16.6. The van der Waals surface area contributed by atoms with Gasteiger partial charge < -0.3 is 25.4 Å². The van der Waals surface area contributed by atoms with Crippen LogP contribution in [0.15, 0.2) is 48.5 Å². The summed E-state index contributed by atoms with van der Waals surface area (Å²) in [5.41, 5.74) is 6.84. The smallest absolute Gasteiger partial charge is 0.338 e. The Morgan fingerprint density at radius 2 is 1.59 bits per heavy atom. The Morgan fingerprint density at radius 3 is 2.22 bits per heavy atom. The Labute approximate surface area is 157 Å². The van der Waals surface area contributed by atoms with Crippen molar-refractivity contribution < 1.29 is 29.3 Å². The van der Waals surface area contributed by atoms with E-state index in [1.54, 1.807) is 50.2 Å². The minimum Gasteiger partial charge on any atom is -0.504 e. The molecule has 0 heterocycles. The lowest BCUT2D eigenvalue weighted by Crippen LogP contribution is -2.39. The van der Waals surface area contributed by atoms with Gasteiger partial charge in [0.2, 0.25) is 0 Å². The highest BCUT2D eigenvalue weighted by molar-refractivity contribution is 5.89. The van der Waals surface area contributed by atoms with Gasteiger partial charge in [-0.3, -0.25) is 4.79 Å². The van der Waals surface area contributed by atoms with Crippen molar-refractivity contribution >= 4 is 11.9 Å². The molecule has 2 aromatic carbocycles. The second-order valence-corrected chi connectivity index (χ2v) is 6.25. The first-order valence-electron chi connectivity index (χ1n) is 8.51. The van der Waals surface area contributed by atoms with Gasteiger partial charge >= 0.3 is 11.9 Å². The Hall–Kier alpha value is -3.06. The summed E-state index contributed by atoms with van der Waals surface area (Å²) >= 11 is 0. The molecule has 4 N–H and O–H groups in total. The van der Waals surface area contributed by atoms with E-state index in [1.807, 2.05) is 0 Å². The van der Waals surface area contributed by atoms with E-state index in [0.29, 0.717) is 11.1 Å². The molecule has 0 aliphatic heterocycles. The van der Waals surface area contributed by atoms with Crippen molar-refractivity contribution in [1.29, 1.82) is 0 Å². The van der Waals surface area contributed by atoms with Gasteiger partial charge in [-0.15, -0.1) is 0 Å². The molecule has 0 bridgehead atoms. The van der Waals surface area contributed by atoms with Gasteiger partial charge in [-0.25, -0.2) is 4.79 Å². The first kappa shape index (κ1) is 20.3. The quantitative estimate of drug-likeness (QED) is 0.502. The number of phenolic OH excluding ortho intramolecular Hbond substituents is 2. The van der Waals surface area contributed by atoms with E-state index in [4.69, 9.17) is 15.2 Å². The van der Waals surface area contributed by atoms with E-state index in [2.05, 4.69) is 0 Å². The highest BCUT2D eigenvalue weighted by Gasteiger charge is 2.24. The Morgan fingerprint density at radius 1 is 0.963 bits per heavy atom. The van der Waals surface area contributed by atoms with Crippen LogP contribution < -0.4 is 5.73 Å². The number of rotatable bonds is 7. The third-order valence-corrected chi connectivity index (χ3v) is 4.06. The molecule has 0 saturated heterocycles. The Kier molecular flexibility index (Phi) is 6.79. The number of ether oxygens (including phenoxy) is 2. The Balaban J connectivity index is 1.87. The van der Waals surface area contributed by atoms with E-state index in [0.717, 1.165) is 0 Å². The first-order valence-corrected chi connectivity index (χ1v) is 8.51. The SMILES string of the molecule is C[C@@H](OC(=O)c1ccccc1)[C@@H](C)OC(=O)[C@@H](N)Cc1ccc(O)c(O)c1. The fourth-order valence-corrected chi connectivity index (χ4v) is 2.31. The average molecular weight is 373 g/mol. The lowest BCUT2D eigenvalue weighted by molar-refractivity contribution is -0.154. The molecule has 0 radical (unpaired) electrons. The maximum atomic E-state index is 12.2. The van der Waals surface area contributed by atoms with Gasteiger partial charge in [0.15, 0.2) is 11.5 Å². The highest BCUT2D eigenvalue weighted by Crippen LogP contribution is 2.25. The number of benzene rings is 2. The van der Waals surface area contributed by atoms with Crippen LogP contribution in [-0.4, -0.2) is 40.4 Å². The summed E-state index contributed by atoms with van der Waals surface area (Å²) in [6, 6.07) is 11.7. The second kappa shape index (κ2) is 9.05. The molecular formula is C20H23NO6. The number of carbonyl (C=O) groups is 2. The maximum absolute atomic E-state index is 12.2. The van der Waals surface area contributed by atoms with Gasteiger partial charge in [0.1, 0.15) is 18.2 Å². The third-order valence-electron chi connectivity index (χ3n) is 4.06. The van der Waals surface area contributed by atoms with Gasteiger partial charge in [0, 0.05) is 0 Å². The monoisotopic (exact) mass is 373 g/mol. The summed E-state index contributed by atoms with van der Waals surface area (Å²) in [5.74, 6) is -1.70. The van der Waals surface area contributed by atoms with Crippen molar-refractivity contribution in [2.75, 3.05) is 0 Å². The molecule has 2 rings (SSSR count). The van der Waals surface area contributed by atoms with Crippen molar-refractivity contribution in [3.05, 3.63) is 59.7 Å². The molecule has 7 nitrogen and oxygen atoms in total. The number of nitrogens with two attached hydrogens (primary N) is 1. The van der Waals surface area contributed by atoms with Crippen LogP contribution in [0.2, 0.25) is 0 Å². The summed E-state index contributed by atoms with van der Waals surface area (Å²) < 4.78 is 10.6. The van der Waals surface area contributed by atoms with Crippen LogP contribution in [0.25, 0.3) is 0 Å². The number of hydrogen-bond acceptors (Lipinski definition) is 7. The third kappa shape index (κ3) is 5.72. The van der Waals surface area contributed by atoms with Crippen molar-refractivity contribution in [3.63, 3.8) is 0 Å². The van der Waals surface area contributed by atoms with Gasteiger partial charge in [0.25, 0.3) is 0 Å².